The summed E-state index contributed by atoms with van der Waals surface area (Å²) < 4.78 is 5.40. The summed E-state index contributed by atoms with van der Waals surface area (Å²) in [5, 5.41) is 1.03. The molecule has 2 aliphatic heterocycles. The molecule has 0 bridgehead atoms. The van der Waals surface area contributed by atoms with Gasteiger partial charge in [-0.15, -0.1) is 0 Å². The molecule has 0 aliphatic carbocycles. The highest BCUT2D eigenvalue weighted by Gasteiger charge is 2.37. The van der Waals surface area contributed by atoms with Gasteiger partial charge in [-0.05, 0) is 12.1 Å². The van der Waals surface area contributed by atoms with Gasteiger partial charge in [-0.3, -0.25) is 4.79 Å². The van der Waals surface area contributed by atoms with Crippen molar-refractivity contribution in [1.29, 1.82) is 0 Å². The maximum atomic E-state index is 12.4. The Morgan fingerprint density at radius 3 is 2.90 bits per heavy atom. The lowest BCUT2D eigenvalue weighted by Gasteiger charge is -2.42. The van der Waals surface area contributed by atoms with Crippen molar-refractivity contribution in [3.8, 4) is 0 Å². The zero-order valence-corrected chi connectivity index (χ0v) is 12.5. The number of carbonyl (C=O) groups excluding carboxylic acids is 1. The van der Waals surface area contributed by atoms with Crippen molar-refractivity contribution in [2.75, 3.05) is 42.6 Å². The molecule has 5 nitrogen and oxygen atoms in total. The predicted molar refractivity (Wildman–Crippen MR) is 83.6 cm³/mol. The van der Waals surface area contributed by atoms with Crippen LogP contribution < -0.4 is 4.90 Å². The molecule has 110 valence electrons. The van der Waals surface area contributed by atoms with Crippen LogP contribution in [0.2, 0.25) is 0 Å². The van der Waals surface area contributed by atoms with E-state index in [1.807, 2.05) is 28.8 Å². The number of furan rings is 1. The summed E-state index contributed by atoms with van der Waals surface area (Å²) in [6.07, 6.45) is 3.45. The third-order valence-corrected chi connectivity index (χ3v) is 5.15. The number of thioether (sulfide) groups is 1. The second kappa shape index (κ2) is 5.26. The molecule has 2 fully saturated rings. The molecule has 0 saturated carbocycles. The molecule has 0 atom stereocenters. The first kappa shape index (κ1) is 13.0. The SMILES string of the molecule is O=C(C1CN(c2nccc3occc23)C1)N1CCSCC1. The number of hydrogen-bond acceptors (Lipinski definition) is 5. The molecule has 0 N–H and O–H groups in total. The van der Waals surface area contributed by atoms with Crippen LogP contribution in [0.5, 0.6) is 0 Å². The van der Waals surface area contributed by atoms with E-state index >= 15 is 0 Å². The Morgan fingerprint density at radius 2 is 2.10 bits per heavy atom. The maximum Gasteiger partial charge on any atom is 0.229 e. The minimum absolute atomic E-state index is 0.122. The van der Waals surface area contributed by atoms with E-state index in [1.54, 1.807) is 12.5 Å². The van der Waals surface area contributed by atoms with E-state index in [2.05, 4.69) is 9.88 Å². The maximum absolute atomic E-state index is 12.4. The quantitative estimate of drug-likeness (QED) is 0.847. The average Bonchev–Trinajstić information content (AvgIpc) is 2.96. The molecule has 21 heavy (non-hydrogen) atoms. The molecule has 1 amide bonds. The topological polar surface area (TPSA) is 49.6 Å². The predicted octanol–water partition coefficient (Wildman–Crippen LogP) is 1.84. The molecule has 2 aromatic heterocycles. The number of rotatable bonds is 2. The number of nitrogens with zero attached hydrogens (tertiary/aromatic N) is 3. The zero-order chi connectivity index (χ0) is 14.2. The van der Waals surface area contributed by atoms with Crippen LogP contribution in [0.3, 0.4) is 0 Å². The second-order valence-electron chi connectivity index (χ2n) is 5.51. The third-order valence-electron chi connectivity index (χ3n) is 4.21. The Labute approximate surface area is 127 Å². The fourth-order valence-electron chi connectivity index (χ4n) is 2.98. The number of pyridine rings is 1. The number of fused-ring (bicyclic) bond motifs is 1. The van der Waals surface area contributed by atoms with E-state index in [4.69, 9.17) is 4.42 Å². The lowest BCUT2D eigenvalue weighted by Crippen LogP contribution is -2.56. The molecule has 0 unspecified atom stereocenters. The van der Waals surface area contributed by atoms with E-state index in [0.717, 1.165) is 54.5 Å². The van der Waals surface area contributed by atoms with E-state index in [0.29, 0.717) is 5.91 Å². The summed E-state index contributed by atoms with van der Waals surface area (Å²) in [6.45, 7) is 3.32. The number of amides is 1. The number of aromatic nitrogens is 1. The highest BCUT2D eigenvalue weighted by Crippen LogP contribution is 2.31. The van der Waals surface area contributed by atoms with Crippen molar-refractivity contribution in [3.05, 3.63) is 24.6 Å². The summed E-state index contributed by atoms with van der Waals surface area (Å²) in [6, 6.07) is 3.81. The fourth-order valence-corrected chi connectivity index (χ4v) is 3.88. The first-order chi connectivity index (χ1) is 10.3. The molecule has 2 aromatic rings. The van der Waals surface area contributed by atoms with Crippen molar-refractivity contribution in [2.24, 2.45) is 5.92 Å². The van der Waals surface area contributed by atoms with Crippen LogP contribution in [-0.2, 0) is 4.79 Å². The molecule has 2 aliphatic rings. The lowest BCUT2D eigenvalue weighted by molar-refractivity contribution is -0.135. The van der Waals surface area contributed by atoms with Gasteiger partial charge in [0.25, 0.3) is 0 Å². The van der Waals surface area contributed by atoms with Gasteiger partial charge < -0.3 is 14.2 Å². The monoisotopic (exact) mass is 303 g/mol. The van der Waals surface area contributed by atoms with Crippen LogP contribution in [0, 0.1) is 5.92 Å². The molecule has 0 radical (unpaired) electrons. The van der Waals surface area contributed by atoms with Gasteiger partial charge in [-0.2, -0.15) is 11.8 Å². The number of hydrogen-bond donors (Lipinski definition) is 0. The molecule has 4 heterocycles. The van der Waals surface area contributed by atoms with Gasteiger partial charge in [0.1, 0.15) is 11.4 Å². The van der Waals surface area contributed by atoms with E-state index in [-0.39, 0.29) is 5.92 Å². The van der Waals surface area contributed by atoms with Crippen molar-refractivity contribution in [3.63, 3.8) is 0 Å². The van der Waals surface area contributed by atoms with Crippen LogP contribution in [0.4, 0.5) is 5.82 Å². The van der Waals surface area contributed by atoms with E-state index in [9.17, 15) is 4.79 Å². The fraction of sp³-hybridized carbons (Fsp3) is 0.467. The molecular formula is C15H17N3O2S. The van der Waals surface area contributed by atoms with Gasteiger partial charge in [0.15, 0.2) is 0 Å². The largest absolute Gasteiger partial charge is 0.464 e. The molecule has 0 aromatic carbocycles. The van der Waals surface area contributed by atoms with Crippen LogP contribution in [0.25, 0.3) is 11.0 Å². The average molecular weight is 303 g/mol. The molecular weight excluding hydrogens is 286 g/mol. The summed E-state index contributed by atoms with van der Waals surface area (Å²) in [5.41, 5.74) is 0.850. The van der Waals surface area contributed by atoms with Crippen LogP contribution >= 0.6 is 11.8 Å². The second-order valence-corrected chi connectivity index (χ2v) is 6.73. The Hall–Kier alpha value is -1.69. The van der Waals surface area contributed by atoms with Gasteiger partial charge in [0.05, 0.1) is 17.6 Å². The van der Waals surface area contributed by atoms with Gasteiger partial charge in [0, 0.05) is 43.9 Å². The van der Waals surface area contributed by atoms with Gasteiger partial charge in [-0.1, -0.05) is 0 Å². The van der Waals surface area contributed by atoms with Gasteiger partial charge >= 0.3 is 0 Å². The van der Waals surface area contributed by atoms with Crippen LogP contribution in [0.15, 0.2) is 29.0 Å². The highest BCUT2D eigenvalue weighted by atomic mass is 32.2. The smallest absolute Gasteiger partial charge is 0.229 e. The standard InChI is InChI=1S/C15H17N3O2S/c19-15(17-4-7-21-8-5-17)11-9-18(10-11)14-12-2-6-20-13(12)1-3-16-14/h1-3,6,11H,4-5,7-10H2. The lowest BCUT2D eigenvalue weighted by atomic mass is 9.98. The van der Waals surface area contributed by atoms with E-state index in [1.165, 1.54) is 0 Å². The van der Waals surface area contributed by atoms with E-state index < -0.39 is 0 Å². The first-order valence-corrected chi connectivity index (χ1v) is 8.42. The first-order valence-electron chi connectivity index (χ1n) is 7.26. The van der Waals surface area contributed by atoms with Gasteiger partial charge in [-0.25, -0.2) is 4.98 Å². The third kappa shape index (κ3) is 2.27. The molecule has 0 spiro atoms. The Bertz CT molecular complexity index is 660. The van der Waals surface area contributed by atoms with Crippen LogP contribution in [0.1, 0.15) is 0 Å². The van der Waals surface area contributed by atoms with Crippen molar-refractivity contribution in [2.45, 2.75) is 0 Å². The van der Waals surface area contributed by atoms with Crippen molar-refractivity contribution < 1.29 is 9.21 Å². The number of carbonyl (C=O) groups is 1. The summed E-state index contributed by atoms with van der Waals surface area (Å²) in [7, 11) is 0. The molecule has 2 saturated heterocycles. The minimum atomic E-state index is 0.122. The minimum Gasteiger partial charge on any atom is -0.464 e. The summed E-state index contributed by atoms with van der Waals surface area (Å²) >= 11 is 1.93. The van der Waals surface area contributed by atoms with Crippen LogP contribution in [-0.4, -0.2) is 53.5 Å². The molecule has 4 rings (SSSR count). The Balaban J connectivity index is 1.45. The number of anilines is 1. The normalized spacial score (nSPS) is 19.8. The molecule has 6 heteroatoms. The Morgan fingerprint density at radius 1 is 1.29 bits per heavy atom. The van der Waals surface area contributed by atoms with Gasteiger partial charge in [0.2, 0.25) is 5.91 Å². The summed E-state index contributed by atoms with van der Waals surface area (Å²) in [4.78, 5) is 21.1. The van der Waals surface area contributed by atoms with Crippen molar-refractivity contribution in [1.82, 2.24) is 9.88 Å². The summed E-state index contributed by atoms with van der Waals surface area (Å²) in [5.74, 6) is 3.50. The van der Waals surface area contributed by atoms with Crippen molar-refractivity contribution >= 4 is 34.5 Å². The Kier molecular flexibility index (Phi) is 3.25. The highest BCUT2D eigenvalue weighted by molar-refractivity contribution is 7.99. The zero-order valence-electron chi connectivity index (χ0n) is 11.7.